The standard InChI is InChI=1S/C20H34F2N6.HI/c1-15(2)16-4-6-17(7-5-16)26-10-12-27(13-11-26)20(23-3)25-14-18-24-8-9-28(18)19(21)22;/h8-9,15-17,19H,4-7,10-14H2,1-3H3,(H,23,25);1H. The van der Waals surface area contributed by atoms with Gasteiger partial charge in [-0.15, -0.1) is 24.0 Å². The molecule has 2 heterocycles. The zero-order valence-electron chi connectivity index (χ0n) is 17.7. The monoisotopic (exact) mass is 524 g/mol. The van der Waals surface area contributed by atoms with Crippen LogP contribution in [-0.4, -0.2) is 64.6 Å². The predicted octanol–water partition coefficient (Wildman–Crippen LogP) is 3.80. The topological polar surface area (TPSA) is 48.7 Å². The molecule has 2 fully saturated rings. The van der Waals surface area contributed by atoms with Crippen LogP contribution in [0.15, 0.2) is 17.4 Å². The highest BCUT2D eigenvalue weighted by Gasteiger charge is 2.30. The molecule has 166 valence electrons. The summed E-state index contributed by atoms with van der Waals surface area (Å²) in [5.41, 5.74) is 0. The van der Waals surface area contributed by atoms with E-state index < -0.39 is 6.55 Å². The zero-order chi connectivity index (χ0) is 20.1. The lowest BCUT2D eigenvalue weighted by Crippen LogP contribution is -2.55. The maximum atomic E-state index is 13.0. The van der Waals surface area contributed by atoms with Gasteiger partial charge in [0.1, 0.15) is 5.82 Å². The van der Waals surface area contributed by atoms with Crippen molar-refractivity contribution >= 4 is 29.9 Å². The Kier molecular flexibility index (Phi) is 9.58. The van der Waals surface area contributed by atoms with Crippen LogP contribution in [0, 0.1) is 11.8 Å². The molecule has 1 saturated heterocycles. The van der Waals surface area contributed by atoms with Crippen LogP contribution in [0.4, 0.5) is 8.78 Å². The molecular weight excluding hydrogens is 489 g/mol. The van der Waals surface area contributed by atoms with Gasteiger partial charge in [-0.1, -0.05) is 13.8 Å². The van der Waals surface area contributed by atoms with Crippen molar-refractivity contribution < 1.29 is 8.78 Å². The smallest absolute Gasteiger partial charge is 0.319 e. The molecule has 9 heteroatoms. The molecule has 2 aliphatic rings. The average Bonchev–Trinajstić information content (AvgIpc) is 3.18. The van der Waals surface area contributed by atoms with Gasteiger partial charge in [0.2, 0.25) is 0 Å². The first-order valence-electron chi connectivity index (χ1n) is 10.5. The molecule has 0 unspecified atom stereocenters. The first kappa shape index (κ1) is 24.3. The van der Waals surface area contributed by atoms with Gasteiger partial charge in [0.25, 0.3) is 0 Å². The molecule has 1 aliphatic heterocycles. The normalized spacial score (nSPS) is 24.1. The van der Waals surface area contributed by atoms with Crippen LogP contribution in [0.3, 0.4) is 0 Å². The van der Waals surface area contributed by atoms with Crippen LogP contribution >= 0.6 is 24.0 Å². The lowest BCUT2D eigenvalue weighted by molar-refractivity contribution is 0.0667. The maximum Gasteiger partial charge on any atom is 0.319 e. The molecule has 1 saturated carbocycles. The minimum absolute atomic E-state index is 0. The van der Waals surface area contributed by atoms with E-state index in [1.165, 1.54) is 38.1 Å². The van der Waals surface area contributed by atoms with E-state index >= 15 is 0 Å². The van der Waals surface area contributed by atoms with E-state index in [1.807, 2.05) is 0 Å². The van der Waals surface area contributed by atoms with Crippen molar-refractivity contribution in [2.24, 2.45) is 16.8 Å². The molecule has 0 amide bonds. The second-order valence-corrected chi connectivity index (χ2v) is 8.26. The molecule has 0 spiro atoms. The summed E-state index contributed by atoms with van der Waals surface area (Å²) in [7, 11) is 1.74. The number of nitrogens with one attached hydrogen (secondary N) is 1. The van der Waals surface area contributed by atoms with Gasteiger partial charge in [0.05, 0.1) is 6.54 Å². The van der Waals surface area contributed by atoms with Crippen molar-refractivity contribution in [3.05, 3.63) is 18.2 Å². The van der Waals surface area contributed by atoms with Crippen molar-refractivity contribution in [2.75, 3.05) is 33.2 Å². The van der Waals surface area contributed by atoms with E-state index in [0.717, 1.165) is 48.5 Å². The summed E-state index contributed by atoms with van der Waals surface area (Å²) in [6.45, 7) is 6.23. The third-order valence-corrected chi connectivity index (χ3v) is 6.39. The van der Waals surface area contributed by atoms with E-state index in [1.54, 1.807) is 7.05 Å². The SMILES string of the molecule is CN=C(NCc1nccn1C(F)F)N1CCN(C2CCC(C(C)C)CC2)CC1.I. The molecule has 1 aliphatic carbocycles. The van der Waals surface area contributed by atoms with Crippen LogP contribution in [0.1, 0.15) is 51.9 Å². The first-order valence-corrected chi connectivity index (χ1v) is 10.5. The highest BCUT2D eigenvalue weighted by atomic mass is 127. The first-order chi connectivity index (χ1) is 13.5. The molecule has 1 aromatic heterocycles. The van der Waals surface area contributed by atoms with Gasteiger partial charge in [0, 0.05) is 51.7 Å². The number of aromatic nitrogens is 2. The molecule has 0 radical (unpaired) electrons. The summed E-state index contributed by atoms with van der Waals surface area (Å²) >= 11 is 0. The third-order valence-electron chi connectivity index (χ3n) is 6.39. The summed E-state index contributed by atoms with van der Waals surface area (Å²) in [6.07, 6.45) is 8.03. The van der Waals surface area contributed by atoms with Gasteiger partial charge in [-0.25, -0.2) is 4.98 Å². The van der Waals surface area contributed by atoms with Crippen LogP contribution in [-0.2, 0) is 6.54 Å². The Morgan fingerprint density at radius 2 is 1.83 bits per heavy atom. The number of guanidine groups is 1. The van der Waals surface area contributed by atoms with Crippen molar-refractivity contribution in [1.29, 1.82) is 0 Å². The van der Waals surface area contributed by atoms with Crippen molar-refractivity contribution in [2.45, 2.75) is 58.7 Å². The summed E-state index contributed by atoms with van der Waals surface area (Å²) < 4.78 is 26.8. The van der Waals surface area contributed by atoms with Crippen molar-refractivity contribution in [3.63, 3.8) is 0 Å². The number of hydrogen-bond acceptors (Lipinski definition) is 3. The molecule has 3 rings (SSSR count). The number of hydrogen-bond donors (Lipinski definition) is 1. The van der Waals surface area contributed by atoms with Gasteiger partial charge < -0.3 is 10.2 Å². The second-order valence-electron chi connectivity index (χ2n) is 8.26. The van der Waals surface area contributed by atoms with Gasteiger partial charge >= 0.3 is 6.55 Å². The second kappa shape index (κ2) is 11.4. The van der Waals surface area contributed by atoms with E-state index in [4.69, 9.17) is 0 Å². The van der Waals surface area contributed by atoms with Gasteiger partial charge in [-0.05, 0) is 37.5 Å². The molecule has 0 atom stereocenters. The molecule has 6 nitrogen and oxygen atoms in total. The van der Waals surface area contributed by atoms with Crippen LogP contribution in [0.25, 0.3) is 0 Å². The summed E-state index contributed by atoms with van der Waals surface area (Å²) in [5.74, 6) is 2.76. The number of rotatable bonds is 5. The molecular formula is C20H35F2IN6. The number of imidazole rings is 1. The Bertz CT molecular complexity index is 635. The summed E-state index contributed by atoms with van der Waals surface area (Å²) in [6, 6.07) is 0.714. The Labute approximate surface area is 190 Å². The average molecular weight is 524 g/mol. The fourth-order valence-corrected chi connectivity index (χ4v) is 4.58. The fourth-order valence-electron chi connectivity index (χ4n) is 4.58. The minimum Gasteiger partial charge on any atom is -0.349 e. The number of aliphatic imine (C=N–C) groups is 1. The highest BCUT2D eigenvalue weighted by molar-refractivity contribution is 14.0. The lowest BCUT2D eigenvalue weighted by atomic mass is 9.79. The Hall–Kier alpha value is -0.970. The van der Waals surface area contributed by atoms with Gasteiger partial charge in [0.15, 0.2) is 5.96 Å². The third kappa shape index (κ3) is 6.26. The molecule has 0 bridgehead atoms. The zero-order valence-corrected chi connectivity index (χ0v) is 20.1. The Morgan fingerprint density at radius 3 is 2.38 bits per heavy atom. The number of nitrogens with zero attached hydrogens (tertiary/aromatic N) is 5. The Morgan fingerprint density at radius 1 is 1.17 bits per heavy atom. The number of alkyl halides is 2. The van der Waals surface area contributed by atoms with E-state index in [2.05, 4.69) is 38.9 Å². The largest absolute Gasteiger partial charge is 0.349 e. The minimum atomic E-state index is -2.57. The maximum absolute atomic E-state index is 13.0. The van der Waals surface area contributed by atoms with Gasteiger partial charge in [-0.3, -0.25) is 14.5 Å². The lowest BCUT2D eigenvalue weighted by Gasteiger charge is -2.43. The molecule has 1 N–H and O–H groups in total. The highest BCUT2D eigenvalue weighted by Crippen LogP contribution is 2.32. The predicted molar refractivity (Wildman–Crippen MR) is 123 cm³/mol. The van der Waals surface area contributed by atoms with Crippen LogP contribution in [0.2, 0.25) is 0 Å². The van der Waals surface area contributed by atoms with E-state index in [-0.39, 0.29) is 30.5 Å². The summed E-state index contributed by atoms with van der Waals surface area (Å²) in [4.78, 5) is 13.2. The molecule has 29 heavy (non-hydrogen) atoms. The fraction of sp³-hybridized carbons (Fsp3) is 0.800. The van der Waals surface area contributed by atoms with E-state index in [9.17, 15) is 8.78 Å². The van der Waals surface area contributed by atoms with Crippen LogP contribution in [0.5, 0.6) is 0 Å². The number of piperazine rings is 1. The van der Waals surface area contributed by atoms with Crippen molar-refractivity contribution in [1.82, 2.24) is 24.7 Å². The summed E-state index contributed by atoms with van der Waals surface area (Å²) in [5, 5.41) is 3.19. The molecule has 1 aromatic rings. The quantitative estimate of drug-likeness (QED) is 0.362. The molecule has 0 aromatic carbocycles. The van der Waals surface area contributed by atoms with Crippen LogP contribution < -0.4 is 5.32 Å². The van der Waals surface area contributed by atoms with E-state index in [0.29, 0.717) is 11.9 Å². The van der Waals surface area contributed by atoms with Crippen molar-refractivity contribution in [3.8, 4) is 0 Å². The van der Waals surface area contributed by atoms with Gasteiger partial charge in [-0.2, -0.15) is 8.78 Å². The number of halogens is 3. The Balaban J connectivity index is 0.00000300.